The molecule has 0 aromatic rings. The van der Waals surface area contributed by atoms with Gasteiger partial charge in [0.2, 0.25) is 5.91 Å². The first-order valence-electron chi connectivity index (χ1n) is 4.70. The molecular weight excluding hydrogens is 166 g/mol. The van der Waals surface area contributed by atoms with Crippen molar-refractivity contribution in [2.75, 3.05) is 13.2 Å². The van der Waals surface area contributed by atoms with Crippen LogP contribution in [0.3, 0.4) is 0 Å². The van der Waals surface area contributed by atoms with E-state index in [4.69, 9.17) is 5.11 Å². The van der Waals surface area contributed by atoms with E-state index in [1.807, 2.05) is 13.8 Å². The summed E-state index contributed by atoms with van der Waals surface area (Å²) in [5.41, 5.74) is 1.01. The zero-order valence-corrected chi connectivity index (χ0v) is 8.47. The van der Waals surface area contributed by atoms with Crippen LogP contribution in [0.5, 0.6) is 0 Å². The second kappa shape index (κ2) is 7.80. The standard InChI is InChI=1S/C10H19NO2/c1-9(2)8-10(13)11-6-4-3-5-7-12/h8,12H,3-7H2,1-2H3,(H,11,13). The minimum absolute atomic E-state index is 0.0241. The molecule has 13 heavy (non-hydrogen) atoms. The van der Waals surface area contributed by atoms with Crippen LogP contribution < -0.4 is 5.32 Å². The molecule has 76 valence electrons. The second-order valence-electron chi connectivity index (χ2n) is 3.30. The van der Waals surface area contributed by atoms with Crippen LogP contribution >= 0.6 is 0 Å². The maximum atomic E-state index is 11.0. The van der Waals surface area contributed by atoms with Crippen LogP contribution in [-0.2, 0) is 4.79 Å². The summed E-state index contributed by atoms with van der Waals surface area (Å²) >= 11 is 0. The van der Waals surface area contributed by atoms with Crippen LogP contribution in [0, 0.1) is 0 Å². The summed E-state index contributed by atoms with van der Waals surface area (Å²) in [6.07, 6.45) is 4.30. The third-order valence-corrected chi connectivity index (χ3v) is 1.55. The van der Waals surface area contributed by atoms with E-state index >= 15 is 0 Å². The summed E-state index contributed by atoms with van der Waals surface area (Å²) in [5, 5.41) is 11.3. The van der Waals surface area contributed by atoms with Crippen molar-refractivity contribution in [3.63, 3.8) is 0 Å². The van der Waals surface area contributed by atoms with E-state index in [0.717, 1.165) is 24.8 Å². The summed E-state index contributed by atoms with van der Waals surface area (Å²) < 4.78 is 0. The van der Waals surface area contributed by atoms with Gasteiger partial charge in [0.15, 0.2) is 0 Å². The zero-order chi connectivity index (χ0) is 10.1. The fourth-order valence-corrected chi connectivity index (χ4v) is 0.938. The Kier molecular flexibility index (Phi) is 7.30. The van der Waals surface area contributed by atoms with E-state index in [1.54, 1.807) is 6.08 Å². The van der Waals surface area contributed by atoms with Crippen LogP contribution in [0.2, 0.25) is 0 Å². The van der Waals surface area contributed by atoms with Gasteiger partial charge in [0.1, 0.15) is 0 Å². The summed E-state index contributed by atoms with van der Waals surface area (Å²) in [6.45, 7) is 4.72. The molecule has 3 nitrogen and oxygen atoms in total. The van der Waals surface area contributed by atoms with Gasteiger partial charge in [-0.05, 0) is 33.1 Å². The maximum Gasteiger partial charge on any atom is 0.243 e. The van der Waals surface area contributed by atoms with Gasteiger partial charge in [-0.1, -0.05) is 5.57 Å². The van der Waals surface area contributed by atoms with Gasteiger partial charge in [-0.15, -0.1) is 0 Å². The first-order chi connectivity index (χ1) is 6.16. The average Bonchev–Trinajstić information content (AvgIpc) is 2.02. The summed E-state index contributed by atoms with van der Waals surface area (Å²) in [4.78, 5) is 11.0. The number of allylic oxidation sites excluding steroid dienone is 1. The van der Waals surface area contributed by atoms with Crippen molar-refractivity contribution in [3.05, 3.63) is 11.6 Å². The fourth-order valence-electron chi connectivity index (χ4n) is 0.938. The Morgan fingerprint density at radius 1 is 1.31 bits per heavy atom. The summed E-state index contributed by atoms with van der Waals surface area (Å²) in [7, 11) is 0. The molecule has 1 amide bonds. The number of unbranched alkanes of at least 4 members (excludes halogenated alkanes) is 2. The lowest BCUT2D eigenvalue weighted by molar-refractivity contribution is -0.116. The Labute approximate surface area is 79.8 Å². The molecule has 0 fully saturated rings. The predicted octanol–water partition coefficient (Wildman–Crippen LogP) is 1.23. The fraction of sp³-hybridized carbons (Fsp3) is 0.700. The number of hydrogen-bond acceptors (Lipinski definition) is 2. The number of hydrogen-bond donors (Lipinski definition) is 2. The molecule has 0 aliphatic carbocycles. The number of amides is 1. The smallest absolute Gasteiger partial charge is 0.243 e. The van der Waals surface area contributed by atoms with Crippen LogP contribution in [0.25, 0.3) is 0 Å². The molecule has 0 radical (unpaired) electrons. The minimum atomic E-state index is -0.0241. The Morgan fingerprint density at radius 3 is 2.54 bits per heavy atom. The van der Waals surface area contributed by atoms with Gasteiger partial charge in [0, 0.05) is 19.2 Å². The van der Waals surface area contributed by atoms with E-state index in [1.165, 1.54) is 0 Å². The van der Waals surface area contributed by atoms with Crippen molar-refractivity contribution in [3.8, 4) is 0 Å². The van der Waals surface area contributed by atoms with Gasteiger partial charge in [-0.2, -0.15) is 0 Å². The minimum Gasteiger partial charge on any atom is -0.396 e. The quantitative estimate of drug-likeness (QED) is 0.483. The first-order valence-corrected chi connectivity index (χ1v) is 4.70. The molecule has 0 heterocycles. The molecule has 0 spiro atoms. The topological polar surface area (TPSA) is 49.3 Å². The van der Waals surface area contributed by atoms with E-state index in [2.05, 4.69) is 5.32 Å². The number of carbonyl (C=O) groups excluding carboxylic acids is 1. The average molecular weight is 185 g/mol. The van der Waals surface area contributed by atoms with Crippen molar-refractivity contribution in [2.24, 2.45) is 0 Å². The zero-order valence-electron chi connectivity index (χ0n) is 8.47. The Hall–Kier alpha value is -0.830. The molecule has 0 aliphatic rings. The highest BCUT2D eigenvalue weighted by Gasteiger charge is 1.94. The molecule has 0 saturated heterocycles. The van der Waals surface area contributed by atoms with Crippen molar-refractivity contribution in [2.45, 2.75) is 33.1 Å². The van der Waals surface area contributed by atoms with Gasteiger partial charge in [-0.3, -0.25) is 4.79 Å². The van der Waals surface area contributed by atoms with Gasteiger partial charge in [0.05, 0.1) is 0 Å². The molecule has 0 saturated carbocycles. The third-order valence-electron chi connectivity index (χ3n) is 1.55. The van der Waals surface area contributed by atoms with Crippen molar-refractivity contribution in [1.29, 1.82) is 0 Å². The third kappa shape index (κ3) is 9.08. The molecule has 0 aromatic carbocycles. The highest BCUT2D eigenvalue weighted by molar-refractivity contribution is 5.87. The molecule has 2 N–H and O–H groups in total. The van der Waals surface area contributed by atoms with E-state index in [9.17, 15) is 4.79 Å². The van der Waals surface area contributed by atoms with Gasteiger partial charge < -0.3 is 10.4 Å². The maximum absolute atomic E-state index is 11.0. The lowest BCUT2D eigenvalue weighted by Gasteiger charge is -2.01. The molecule has 0 unspecified atom stereocenters. The second-order valence-corrected chi connectivity index (χ2v) is 3.30. The van der Waals surface area contributed by atoms with Crippen LogP contribution in [-0.4, -0.2) is 24.2 Å². The lowest BCUT2D eigenvalue weighted by Crippen LogP contribution is -2.22. The van der Waals surface area contributed by atoms with E-state index in [-0.39, 0.29) is 12.5 Å². The van der Waals surface area contributed by atoms with Crippen LogP contribution in [0.4, 0.5) is 0 Å². The van der Waals surface area contributed by atoms with Gasteiger partial charge in [-0.25, -0.2) is 0 Å². The summed E-state index contributed by atoms with van der Waals surface area (Å²) in [5.74, 6) is -0.0241. The van der Waals surface area contributed by atoms with E-state index in [0.29, 0.717) is 6.54 Å². The van der Waals surface area contributed by atoms with E-state index < -0.39 is 0 Å². The summed E-state index contributed by atoms with van der Waals surface area (Å²) in [6, 6.07) is 0. The number of carbonyl (C=O) groups is 1. The molecular formula is C10H19NO2. The Bertz CT molecular complexity index is 172. The SMILES string of the molecule is CC(C)=CC(=O)NCCCCCO. The number of aliphatic hydroxyl groups is 1. The highest BCUT2D eigenvalue weighted by atomic mass is 16.2. The van der Waals surface area contributed by atoms with Crippen LogP contribution in [0.15, 0.2) is 11.6 Å². The lowest BCUT2D eigenvalue weighted by atomic mass is 10.2. The van der Waals surface area contributed by atoms with Crippen LogP contribution in [0.1, 0.15) is 33.1 Å². The number of nitrogens with one attached hydrogen (secondary N) is 1. The molecule has 0 aromatic heterocycles. The number of aliphatic hydroxyl groups excluding tert-OH is 1. The molecule has 0 aliphatic heterocycles. The molecule has 0 atom stereocenters. The first kappa shape index (κ1) is 12.2. The monoisotopic (exact) mass is 185 g/mol. The van der Waals surface area contributed by atoms with Crippen molar-refractivity contribution >= 4 is 5.91 Å². The van der Waals surface area contributed by atoms with Gasteiger partial charge >= 0.3 is 0 Å². The number of rotatable bonds is 6. The molecule has 0 bridgehead atoms. The normalized spacial score (nSPS) is 9.46. The predicted molar refractivity (Wildman–Crippen MR) is 53.4 cm³/mol. The largest absolute Gasteiger partial charge is 0.396 e. The molecule has 0 rings (SSSR count). The van der Waals surface area contributed by atoms with Crippen molar-refractivity contribution in [1.82, 2.24) is 5.32 Å². The highest BCUT2D eigenvalue weighted by Crippen LogP contribution is 1.92. The van der Waals surface area contributed by atoms with Crippen molar-refractivity contribution < 1.29 is 9.90 Å². The Morgan fingerprint density at radius 2 is 2.00 bits per heavy atom. The molecule has 3 heteroatoms. The Balaban J connectivity index is 3.33. The van der Waals surface area contributed by atoms with Gasteiger partial charge in [0.25, 0.3) is 0 Å².